The highest BCUT2D eigenvalue weighted by Crippen LogP contribution is 2.27. The molecule has 0 unspecified atom stereocenters. The minimum Gasteiger partial charge on any atom is -0.340 e. The van der Waals surface area contributed by atoms with Crippen LogP contribution in [0.4, 0.5) is 0 Å². The third-order valence-corrected chi connectivity index (χ3v) is 3.94. The van der Waals surface area contributed by atoms with E-state index in [0.29, 0.717) is 12.1 Å². The molecular formula is C14H23Cl2N5. The minimum absolute atomic E-state index is 0. The van der Waals surface area contributed by atoms with Crippen molar-refractivity contribution in [2.75, 3.05) is 6.54 Å². The Labute approximate surface area is 137 Å². The first-order chi connectivity index (χ1) is 9.28. The smallest absolute Gasteiger partial charge is 0.176 e. The zero-order valence-corrected chi connectivity index (χ0v) is 14.0. The van der Waals surface area contributed by atoms with Crippen molar-refractivity contribution in [2.45, 2.75) is 45.2 Å². The quantitative estimate of drug-likeness (QED) is 0.908. The maximum absolute atomic E-state index is 4.47. The van der Waals surface area contributed by atoms with Crippen molar-refractivity contribution in [3.63, 3.8) is 0 Å². The number of rotatable bonds is 3. The van der Waals surface area contributed by atoms with Gasteiger partial charge in [0.15, 0.2) is 11.6 Å². The number of hydrogen-bond donors (Lipinski definition) is 2. The van der Waals surface area contributed by atoms with E-state index in [1.807, 2.05) is 19.3 Å². The van der Waals surface area contributed by atoms with Crippen molar-refractivity contribution in [2.24, 2.45) is 0 Å². The first-order valence-corrected chi connectivity index (χ1v) is 7.06. The van der Waals surface area contributed by atoms with Crippen LogP contribution in [0.1, 0.15) is 37.9 Å². The monoisotopic (exact) mass is 331 g/mol. The van der Waals surface area contributed by atoms with E-state index in [4.69, 9.17) is 0 Å². The Balaban J connectivity index is 0.00000110. The van der Waals surface area contributed by atoms with Crippen LogP contribution in [0.2, 0.25) is 0 Å². The van der Waals surface area contributed by atoms with Gasteiger partial charge < -0.3 is 14.9 Å². The van der Waals surface area contributed by atoms with Crippen LogP contribution in [-0.2, 0) is 0 Å². The van der Waals surface area contributed by atoms with Crippen molar-refractivity contribution in [1.82, 2.24) is 24.8 Å². The molecule has 3 heterocycles. The van der Waals surface area contributed by atoms with Crippen LogP contribution < -0.4 is 5.32 Å². The van der Waals surface area contributed by atoms with Gasteiger partial charge in [0, 0.05) is 36.4 Å². The molecule has 1 saturated heterocycles. The average Bonchev–Trinajstić information content (AvgIpc) is 3.07. The van der Waals surface area contributed by atoms with Crippen LogP contribution in [0.25, 0.3) is 11.6 Å². The summed E-state index contributed by atoms with van der Waals surface area (Å²) in [6.07, 6.45) is 9.30. The molecule has 118 valence electrons. The predicted molar refractivity (Wildman–Crippen MR) is 89.4 cm³/mol. The molecule has 7 heteroatoms. The Kier molecular flexibility index (Phi) is 6.71. The number of aromatic nitrogens is 4. The first kappa shape index (κ1) is 18.0. The van der Waals surface area contributed by atoms with Gasteiger partial charge in [-0.2, -0.15) is 0 Å². The molecule has 2 aromatic rings. The maximum atomic E-state index is 4.47. The highest BCUT2D eigenvalue weighted by Gasteiger charge is 2.24. The summed E-state index contributed by atoms with van der Waals surface area (Å²) in [6.45, 7) is 5.34. The molecule has 21 heavy (non-hydrogen) atoms. The van der Waals surface area contributed by atoms with E-state index >= 15 is 0 Å². The molecule has 0 radical (unpaired) electrons. The first-order valence-electron chi connectivity index (χ1n) is 7.06. The minimum atomic E-state index is 0. The molecule has 0 saturated carbocycles. The van der Waals surface area contributed by atoms with E-state index in [9.17, 15) is 0 Å². The summed E-state index contributed by atoms with van der Waals surface area (Å²) in [5.41, 5.74) is 1.07. The predicted octanol–water partition coefficient (Wildman–Crippen LogP) is 3.13. The Hall–Kier alpha value is -1.04. The van der Waals surface area contributed by atoms with Crippen molar-refractivity contribution in [3.05, 3.63) is 24.3 Å². The number of aromatic amines is 1. The number of nitrogens with zero attached hydrogens (tertiary/aromatic N) is 3. The van der Waals surface area contributed by atoms with Gasteiger partial charge in [-0.1, -0.05) is 6.92 Å². The van der Waals surface area contributed by atoms with Gasteiger partial charge in [0.2, 0.25) is 0 Å². The Morgan fingerprint density at radius 2 is 2.14 bits per heavy atom. The zero-order valence-electron chi connectivity index (χ0n) is 12.4. The van der Waals surface area contributed by atoms with E-state index in [1.54, 1.807) is 0 Å². The summed E-state index contributed by atoms with van der Waals surface area (Å²) < 4.78 is 2.28. The van der Waals surface area contributed by atoms with Crippen LogP contribution in [0, 0.1) is 6.92 Å². The summed E-state index contributed by atoms with van der Waals surface area (Å²) in [4.78, 5) is 12.1. The number of piperidine rings is 1. The SMILES string of the molecule is CC[C@H]1C[C@H](n2ccnc2-c2ncc(C)[nH]2)CCN1.Cl.Cl. The highest BCUT2D eigenvalue weighted by atomic mass is 35.5. The van der Waals surface area contributed by atoms with Crippen molar-refractivity contribution >= 4 is 24.8 Å². The van der Waals surface area contributed by atoms with Crippen LogP contribution in [-0.4, -0.2) is 32.1 Å². The normalized spacial score (nSPS) is 21.4. The molecule has 0 aliphatic carbocycles. The van der Waals surface area contributed by atoms with Crippen molar-refractivity contribution < 1.29 is 0 Å². The van der Waals surface area contributed by atoms with Crippen molar-refractivity contribution in [1.29, 1.82) is 0 Å². The van der Waals surface area contributed by atoms with Crippen LogP contribution in [0.3, 0.4) is 0 Å². The lowest BCUT2D eigenvalue weighted by molar-refractivity contribution is 0.297. The molecule has 0 bridgehead atoms. The second-order valence-electron chi connectivity index (χ2n) is 5.31. The summed E-state index contributed by atoms with van der Waals surface area (Å²) in [6, 6.07) is 1.14. The van der Waals surface area contributed by atoms with Gasteiger partial charge in [0.05, 0.1) is 0 Å². The van der Waals surface area contributed by atoms with Crippen LogP contribution >= 0.6 is 24.8 Å². The van der Waals surface area contributed by atoms with Gasteiger partial charge in [0.1, 0.15) is 0 Å². The second kappa shape index (κ2) is 7.82. The Bertz CT molecular complexity index is 551. The number of hydrogen-bond acceptors (Lipinski definition) is 3. The fourth-order valence-electron chi connectivity index (χ4n) is 2.86. The number of halogens is 2. The van der Waals surface area contributed by atoms with Gasteiger partial charge in [0.25, 0.3) is 0 Å². The standard InChI is InChI=1S/C14H21N5.2ClH/c1-3-11-8-12(4-5-15-11)19-7-6-16-14(19)13-17-9-10(2)18-13;;/h6-7,9,11-12,15H,3-5,8H2,1-2H3,(H,17,18);2*1H/t11-,12+;;/m0../s1. The Morgan fingerprint density at radius 3 is 2.81 bits per heavy atom. The van der Waals surface area contributed by atoms with E-state index in [1.165, 1.54) is 12.8 Å². The summed E-state index contributed by atoms with van der Waals surface area (Å²) in [7, 11) is 0. The molecule has 0 aromatic carbocycles. The molecule has 0 amide bonds. The van der Waals surface area contributed by atoms with Crippen molar-refractivity contribution in [3.8, 4) is 11.6 Å². The fraction of sp³-hybridized carbons (Fsp3) is 0.571. The van der Waals surface area contributed by atoms with E-state index in [0.717, 1.165) is 30.3 Å². The molecular weight excluding hydrogens is 309 g/mol. The second-order valence-corrected chi connectivity index (χ2v) is 5.31. The Morgan fingerprint density at radius 1 is 1.33 bits per heavy atom. The number of nitrogens with one attached hydrogen (secondary N) is 2. The lowest BCUT2D eigenvalue weighted by Gasteiger charge is -2.31. The van der Waals surface area contributed by atoms with Gasteiger partial charge >= 0.3 is 0 Å². The number of H-pyrrole nitrogens is 1. The van der Waals surface area contributed by atoms with E-state index in [-0.39, 0.29) is 24.8 Å². The summed E-state index contributed by atoms with van der Waals surface area (Å²) >= 11 is 0. The highest BCUT2D eigenvalue weighted by molar-refractivity contribution is 5.85. The van der Waals surface area contributed by atoms with Crippen LogP contribution in [0.15, 0.2) is 18.6 Å². The third-order valence-electron chi connectivity index (χ3n) is 3.94. The number of aryl methyl sites for hydroxylation is 1. The van der Waals surface area contributed by atoms with Gasteiger partial charge in [-0.05, 0) is 32.7 Å². The molecule has 0 spiro atoms. The largest absolute Gasteiger partial charge is 0.340 e. The fourth-order valence-corrected chi connectivity index (χ4v) is 2.86. The lowest BCUT2D eigenvalue weighted by atomic mass is 9.97. The zero-order chi connectivity index (χ0) is 13.2. The number of imidazole rings is 2. The topological polar surface area (TPSA) is 58.5 Å². The average molecular weight is 332 g/mol. The van der Waals surface area contributed by atoms with E-state index < -0.39 is 0 Å². The molecule has 2 atom stereocenters. The summed E-state index contributed by atoms with van der Waals surface area (Å²) in [5.74, 6) is 1.82. The third kappa shape index (κ3) is 3.78. The van der Waals surface area contributed by atoms with Gasteiger partial charge in [-0.15, -0.1) is 24.8 Å². The lowest BCUT2D eigenvalue weighted by Crippen LogP contribution is -2.38. The van der Waals surface area contributed by atoms with E-state index in [2.05, 4.69) is 38.0 Å². The van der Waals surface area contributed by atoms with Gasteiger partial charge in [-0.25, -0.2) is 9.97 Å². The van der Waals surface area contributed by atoms with Gasteiger partial charge in [-0.3, -0.25) is 0 Å². The maximum Gasteiger partial charge on any atom is 0.176 e. The molecule has 5 nitrogen and oxygen atoms in total. The molecule has 2 aromatic heterocycles. The molecule has 1 aliphatic heterocycles. The van der Waals surface area contributed by atoms with Crippen LogP contribution in [0.5, 0.6) is 0 Å². The molecule has 1 fully saturated rings. The summed E-state index contributed by atoms with van der Waals surface area (Å²) in [5, 5.41) is 3.57. The molecule has 1 aliphatic rings. The molecule has 3 rings (SSSR count). The molecule has 2 N–H and O–H groups in total.